The average Bonchev–Trinajstić information content (AvgIpc) is 2.99. The van der Waals surface area contributed by atoms with E-state index < -0.39 is 41.6 Å². The molecule has 2 spiro atoms. The first-order chi connectivity index (χ1) is 12.2. The number of hydrogen-bond donors (Lipinski definition) is 3. The summed E-state index contributed by atoms with van der Waals surface area (Å²) in [4.78, 5) is 13.1. The normalized spacial score (nSPS) is 57.2. The number of hydrogen-bond acceptors (Lipinski definition) is 6. The summed E-state index contributed by atoms with van der Waals surface area (Å²) in [5.41, 5.74) is -1.52. The highest BCUT2D eigenvalue weighted by Gasteiger charge is 2.79. The van der Waals surface area contributed by atoms with Gasteiger partial charge in [-0.2, -0.15) is 0 Å². The SMILES string of the molecule is C=C1C2CCC3C(C2)(C(=O)OC2OC(O)C4C(C)(C)CCC(O)C243)C1O. The summed E-state index contributed by atoms with van der Waals surface area (Å²) in [6, 6.07) is 0. The van der Waals surface area contributed by atoms with E-state index in [9.17, 15) is 20.1 Å². The van der Waals surface area contributed by atoms with Crippen molar-refractivity contribution < 1.29 is 29.6 Å². The van der Waals surface area contributed by atoms with Crippen LogP contribution in [0.5, 0.6) is 0 Å². The van der Waals surface area contributed by atoms with Crippen molar-refractivity contribution in [1.82, 2.24) is 0 Å². The maximum Gasteiger partial charge on any atom is 0.317 e. The average molecular weight is 364 g/mol. The summed E-state index contributed by atoms with van der Waals surface area (Å²) in [7, 11) is 0. The zero-order chi connectivity index (χ0) is 18.6. The van der Waals surface area contributed by atoms with E-state index in [-0.39, 0.29) is 23.2 Å². The molecule has 3 N–H and O–H groups in total. The molecule has 144 valence electrons. The monoisotopic (exact) mass is 364 g/mol. The molecule has 0 aromatic rings. The van der Waals surface area contributed by atoms with Gasteiger partial charge in [0.05, 0.1) is 17.6 Å². The highest BCUT2D eigenvalue weighted by Crippen LogP contribution is 2.73. The second kappa shape index (κ2) is 4.90. The summed E-state index contributed by atoms with van der Waals surface area (Å²) < 4.78 is 11.5. The fraction of sp³-hybridized carbons (Fsp3) is 0.850. The number of rotatable bonds is 0. The lowest BCUT2D eigenvalue weighted by Gasteiger charge is -2.62. The second-order valence-electron chi connectivity index (χ2n) is 9.83. The molecule has 6 nitrogen and oxygen atoms in total. The van der Waals surface area contributed by atoms with Crippen LogP contribution in [-0.4, -0.2) is 46.1 Å². The van der Waals surface area contributed by atoms with E-state index in [0.29, 0.717) is 24.8 Å². The van der Waals surface area contributed by atoms with Gasteiger partial charge in [-0.15, -0.1) is 0 Å². The molecule has 0 radical (unpaired) electrons. The Hall–Kier alpha value is -0.950. The minimum atomic E-state index is -1.09. The molecule has 3 saturated carbocycles. The van der Waals surface area contributed by atoms with Crippen molar-refractivity contribution in [3.8, 4) is 0 Å². The number of aliphatic hydroxyl groups excluding tert-OH is 3. The van der Waals surface area contributed by atoms with E-state index in [0.717, 1.165) is 12.8 Å². The number of carbonyl (C=O) groups is 1. The van der Waals surface area contributed by atoms with Crippen LogP contribution >= 0.6 is 0 Å². The molecule has 2 aliphatic heterocycles. The van der Waals surface area contributed by atoms with Crippen molar-refractivity contribution in [1.29, 1.82) is 0 Å². The van der Waals surface area contributed by atoms with Gasteiger partial charge in [-0.1, -0.05) is 20.4 Å². The molecule has 9 unspecified atom stereocenters. The van der Waals surface area contributed by atoms with Gasteiger partial charge in [0, 0.05) is 5.92 Å². The highest BCUT2D eigenvalue weighted by atomic mass is 16.8. The Balaban J connectivity index is 1.73. The lowest BCUT2D eigenvalue weighted by Crippen LogP contribution is -2.69. The zero-order valence-corrected chi connectivity index (χ0v) is 15.4. The predicted octanol–water partition coefficient (Wildman–Crippen LogP) is 1.33. The van der Waals surface area contributed by atoms with E-state index >= 15 is 0 Å². The standard InChI is InChI=1S/C20H28O6/c1-9-10-4-5-11-19(8-10,14(9)22)16(24)26-17-20(11)12(21)6-7-18(2,3)13(20)15(23)25-17/h10-15,17,21-23H,1,4-8H2,2-3H3. The third-order valence-corrected chi connectivity index (χ3v) is 8.55. The van der Waals surface area contributed by atoms with E-state index in [1.165, 1.54) is 0 Å². The van der Waals surface area contributed by atoms with E-state index in [1.807, 2.05) is 0 Å². The van der Waals surface area contributed by atoms with Crippen LogP contribution in [0.3, 0.4) is 0 Å². The van der Waals surface area contributed by atoms with Crippen molar-refractivity contribution in [3.05, 3.63) is 12.2 Å². The maximum absolute atomic E-state index is 13.1. The van der Waals surface area contributed by atoms with E-state index in [4.69, 9.17) is 9.47 Å². The molecular formula is C20H28O6. The number of fused-ring (bicyclic) bond motifs is 1. The summed E-state index contributed by atoms with van der Waals surface area (Å²) in [5.74, 6) is -0.988. The second-order valence-corrected chi connectivity index (χ2v) is 9.83. The molecule has 5 fully saturated rings. The number of carbonyl (C=O) groups excluding carboxylic acids is 1. The van der Waals surface area contributed by atoms with Gasteiger partial charge in [0.25, 0.3) is 0 Å². The molecular weight excluding hydrogens is 336 g/mol. The Morgan fingerprint density at radius 2 is 1.88 bits per heavy atom. The van der Waals surface area contributed by atoms with Gasteiger partial charge < -0.3 is 24.8 Å². The fourth-order valence-corrected chi connectivity index (χ4v) is 7.49. The van der Waals surface area contributed by atoms with Crippen LogP contribution in [0.2, 0.25) is 0 Å². The topological polar surface area (TPSA) is 96.2 Å². The molecule has 3 aliphatic carbocycles. The van der Waals surface area contributed by atoms with Crippen LogP contribution in [0.25, 0.3) is 0 Å². The molecule has 2 bridgehead atoms. The van der Waals surface area contributed by atoms with Crippen molar-refractivity contribution in [2.75, 3.05) is 0 Å². The predicted molar refractivity (Wildman–Crippen MR) is 90.3 cm³/mol. The van der Waals surface area contributed by atoms with Gasteiger partial charge in [0.2, 0.25) is 6.29 Å². The first-order valence-corrected chi connectivity index (χ1v) is 9.77. The van der Waals surface area contributed by atoms with Crippen LogP contribution < -0.4 is 0 Å². The van der Waals surface area contributed by atoms with E-state index in [2.05, 4.69) is 20.4 Å². The maximum atomic E-state index is 13.1. The smallest absolute Gasteiger partial charge is 0.317 e. The molecule has 2 saturated heterocycles. The summed E-state index contributed by atoms with van der Waals surface area (Å²) in [5, 5.41) is 33.0. The summed E-state index contributed by atoms with van der Waals surface area (Å²) in [6.07, 6.45) is -0.369. The molecule has 6 heteroatoms. The van der Waals surface area contributed by atoms with Gasteiger partial charge in [0.15, 0.2) is 6.29 Å². The van der Waals surface area contributed by atoms with Crippen molar-refractivity contribution in [2.24, 2.45) is 34.0 Å². The quantitative estimate of drug-likeness (QED) is 0.443. The Kier molecular flexibility index (Phi) is 3.24. The molecule has 0 aromatic heterocycles. The van der Waals surface area contributed by atoms with Gasteiger partial charge in [-0.3, -0.25) is 4.79 Å². The number of esters is 1. The number of aliphatic hydroxyl groups is 3. The van der Waals surface area contributed by atoms with Crippen LogP contribution in [0.4, 0.5) is 0 Å². The Morgan fingerprint density at radius 1 is 1.15 bits per heavy atom. The van der Waals surface area contributed by atoms with Crippen LogP contribution in [0.15, 0.2) is 12.2 Å². The lowest BCUT2D eigenvalue weighted by molar-refractivity contribution is -0.288. The van der Waals surface area contributed by atoms with Gasteiger partial charge in [-0.25, -0.2) is 0 Å². The third kappa shape index (κ3) is 1.62. The van der Waals surface area contributed by atoms with Gasteiger partial charge >= 0.3 is 5.97 Å². The Morgan fingerprint density at radius 3 is 2.62 bits per heavy atom. The van der Waals surface area contributed by atoms with E-state index in [1.54, 1.807) is 0 Å². The molecule has 9 atom stereocenters. The van der Waals surface area contributed by atoms with Gasteiger partial charge in [-0.05, 0) is 54.9 Å². The summed E-state index contributed by atoms with van der Waals surface area (Å²) >= 11 is 0. The highest BCUT2D eigenvalue weighted by molar-refractivity contribution is 5.81. The first-order valence-electron chi connectivity index (χ1n) is 9.77. The molecule has 0 aromatic carbocycles. The van der Waals surface area contributed by atoms with Crippen LogP contribution in [-0.2, 0) is 14.3 Å². The van der Waals surface area contributed by atoms with Crippen molar-refractivity contribution >= 4 is 5.97 Å². The molecule has 0 amide bonds. The van der Waals surface area contributed by atoms with Crippen molar-refractivity contribution in [2.45, 2.75) is 70.7 Å². The summed E-state index contributed by atoms with van der Waals surface area (Å²) in [6.45, 7) is 8.21. The van der Waals surface area contributed by atoms with Crippen LogP contribution in [0, 0.1) is 34.0 Å². The minimum Gasteiger partial charge on any atom is -0.434 e. The van der Waals surface area contributed by atoms with Gasteiger partial charge in [0.1, 0.15) is 5.41 Å². The van der Waals surface area contributed by atoms with Crippen LogP contribution in [0.1, 0.15) is 46.0 Å². The molecule has 26 heavy (non-hydrogen) atoms. The fourth-order valence-electron chi connectivity index (χ4n) is 7.49. The minimum absolute atomic E-state index is 0.112. The van der Waals surface area contributed by atoms with Crippen molar-refractivity contribution in [3.63, 3.8) is 0 Å². The number of ether oxygens (including phenoxy) is 2. The largest absolute Gasteiger partial charge is 0.434 e. The molecule has 5 rings (SSSR count). The lowest BCUT2D eigenvalue weighted by atomic mass is 9.44. The first kappa shape index (κ1) is 17.2. The Labute approximate surface area is 153 Å². The third-order valence-electron chi connectivity index (χ3n) is 8.55. The molecule has 2 heterocycles. The molecule has 5 aliphatic rings. The Bertz CT molecular complexity index is 688. The zero-order valence-electron chi connectivity index (χ0n) is 15.4.